The summed E-state index contributed by atoms with van der Waals surface area (Å²) >= 11 is 0. The van der Waals surface area contributed by atoms with Crippen LogP contribution in [0.25, 0.3) is 0 Å². The Labute approximate surface area is 158 Å². The van der Waals surface area contributed by atoms with Crippen LogP contribution in [0.15, 0.2) is 24.5 Å². The lowest BCUT2D eigenvalue weighted by atomic mass is 9.96. The third-order valence-corrected chi connectivity index (χ3v) is 5.06. The summed E-state index contributed by atoms with van der Waals surface area (Å²) in [5, 5.41) is 0. The molecule has 0 N–H and O–H groups in total. The van der Waals surface area contributed by atoms with Crippen LogP contribution >= 0.6 is 0 Å². The average molecular weight is 377 g/mol. The third kappa shape index (κ3) is 3.96. The van der Waals surface area contributed by atoms with Gasteiger partial charge in [0.05, 0.1) is 7.11 Å². The Kier molecular flexibility index (Phi) is 6.08. The number of carbonyl (C=O) groups is 1. The highest BCUT2D eigenvalue weighted by Crippen LogP contribution is 2.30. The van der Waals surface area contributed by atoms with Crippen LogP contribution < -0.4 is 4.74 Å². The van der Waals surface area contributed by atoms with E-state index >= 15 is 0 Å². The van der Waals surface area contributed by atoms with Gasteiger partial charge in [-0.15, -0.1) is 0 Å². The maximum atomic E-state index is 14.3. The molecular weight excluding hydrogens is 352 g/mol. The number of likely N-dealkylation sites (tertiary alicyclic amines) is 1. The van der Waals surface area contributed by atoms with Gasteiger partial charge in [0.1, 0.15) is 17.1 Å². The maximum Gasteiger partial charge on any atom is 0.260 e. The molecule has 1 fully saturated rings. The van der Waals surface area contributed by atoms with Gasteiger partial charge in [0.25, 0.3) is 5.91 Å². The lowest BCUT2D eigenvalue weighted by Gasteiger charge is -2.33. The first-order valence-corrected chi connectivity index (χ1v) is 9.39. The number of hydrogen-bond donors (Lipinski definition) is 0. The van der Waals surface area contributed by atoms with Crippen LogP contribution in [0.3, 0.4) is 0 Å². The standard InChI is InChI=1S/C20H25F2N3O2/c1-3-4-10-24-12-9-23-19(24)14-6-5-11-25(13-14)20(26)17-16(27-2)8-7-15(21)18(17)22/h7-9,12,14H,3-6,10-11,13H2,1-2H3/t14-/m0/s1. The van der Waals surface area contributed by atoms with Gasteiger partial charge in [-0.1, -0.05) is 13.3 Å². The zero-order valence-electron chi connectivity index (χ0n) is 15.8. The lowest BCUT2D eigenvalue weighted by molar-refractivity contribution is 0.0693. The van der Waals surface area contributed by atoms with E-state index in [4.69, 9.17) is 4.74 Å². The normalized spacial score (nSPS) is 17.2. The van der Waals surface area contributed by atoms with Crippen molar-refractivity contribution >= 4 is 5.91 Å². The second-order valence-corrected chi connectivity index (χ2v) is 6.86. The van der Waals surface area contributed by atoms with Crippen molar-refractivity contribution < 1.29 is 18.3 Å². The predicted octanol–water partition coefficient (Wildman–Crippen LogP) is 3.99. The molecule has 0 unspecified atom stereocenters. The van der Waals surface area contributed by atoms with Crippen LogP contribution in [0.5, 0.6) is 5.75 Å². The molecule has 3 rings (SSSR count). The summed E-state index contributed by atoms with van der Waals surface area (Å²) in [5.41, 5.74) is -0.340. The number of unbranched alkanes of at least 4 members (excludes halogenated alkanes) is 1. The van der Waals surface area contributed by atoms with Gasteiger partial charge in [-0.25, -0.2) is 13.8 Å². The van der Waals surface area contributed by atoms with Crippen molar-refractivity contribution in [3.8, 4) is 5.75 Å². The molecule has 1 atom stereocenters. The molecule has 7 heteroatoms. The number of piperidine rings is 1. The van der Waals surface area contributed by atoms with E-state index in [2.05, 4.69) is 16.5 Å². The molecule has 1 amide bonds. The third-order valence-electron chi connectivity index (χ3n) is 5.06. The second kappa shape index (κ2) is 8.50. The molecule has 146 valence electrons. The van der Waals surface area contributed by atoms with Crippen LogP contribution in [0.2, 0.25) is 0 Å². The van der Waals surface area contributed by atoms with Gasteiger partial charge < -0.3 is 14.2 Å². The molecule has 0 aliphatic carbocycles. The first-order valence-electron chi connectivity index (χ1n) is 9.39. The van der Waals surface area contributed by atoms with E-state index in [0.717, 1.165) is 44.1 Å². The van der Waals surface area contributed by atoms with Gasteiger partial charge in [0.2, 0.25) is 0 Å². The number of methoxy groups -OCH3 is 1. The number of carbonyl (C=O) groups excluding carboxylic acids is 1. The number of rotatable bonds is 6. The van der Waals surface area contributed by atoms with Gasteiger partial charge in [-0.3, -0.25) is 4.79 Å². The summed E-state index contributed by atoms with van der Waals surface area (Å²) in [6.07, 6.45) is 7.59. The maximum absolute atomic E-state index is 14.3. The highest BCUT2D eigenvalue weighted by atomic mass is 19.2. The molecule has 5 nitrogen and oxygen atoms in total. The smallest absolute Gasteiger partial charge is 0.260 e. The highest BCUT2D eigenvalue weighted by Gasteiger charge is 2.31. The number of benzene rings is 1. The SMILES string of the molecule is CCCCn1ccnc1[C@H]1CCCN(C(=O)c2c(OC)ccc(F)c2F)C1. The molecule has 27 heavy (non-hydrogen) atoms. The Hall–Kier alpha value is -2.44. The summed E-state index contributed by atoms with van der Waals surface area (Å²) in [7, 11) is 1.34. The molecule has 0 spiro atoms. The molecule has 0 radical (unpaired) electrons. The molecule has 1 saturated heterocycles. The van der Waals surface area contributed by atoms with E-state index in [-0.39, 0.29) is 17.2 Å². The van der Waals surface area contributed by atoms with Crippen molar-refractivity contribution in [1.82, 2.24) is 14.5 Å². The molecule has 1 aliphatic heterocycles. The fourth-order valence-electron chi connectivity index (χ4n) is 3.63. The Morgan fingerprint density at radius 1 is 1.37 bits per heavy atom. The van der Waals surface area contributed by atoms with E-state index in [9.17, 15) is 13.6 Å². The van der Waals surface area contributed by atoms with E-state index < -0.39 is 17.5 Å². The van der Waals surface area contributed by atoms with Gasteiger partial charge >= 0.3 is 0 Å². The van der Waals surface area contributed by atoms with Crippen molar-refractivity contribution in [1.29, 1.82) is 0 Å². The van der Waals surface area contributed by atoms with Crippen molar-refractivity contribution in [2.75, 3.05) is 20.2 Å². The number of amides is 1. The summed E-state index contributed by atoms with van der Waals surface area (Å²) in [4.78, 5) is 19.0. The molecule has 0 saturated carbocycles. The number of imidazole rings is 1. The summed E-state index contributed by atoms with van der Waals surface area (Å²) in [5.74, 6) is -1.68. The largest absolute Gasteiger partial charge is 0.496 e. The summed E-state index contributed by atoms with van der Waals surface area (Å²) < 4.78 is 35.2. The number of nitrogens with zero attached hydrogens (tertiary/aromatic N) is 3. The molecule has 2 heterocycles. The van der Waals surface area contributed by atoms with Gasteiger partial charge in [-0.2, -0.15) is 0 Å². The van der Waals surface area contributed by atoms with Crippen molar-refractivity contribution in [2.24, 2.45) is 0 Å². The topological polar surface area (TPSA) is 47.4 Å². The molecule has 0 bridgehead atoms. The number of ether oxygens (including phenoxy) is 1. The Morgan fingerprint density at radius 2 is 2.19 bits per heavy atom. The first-order chi connectivity index (χ1) is 13.1. The minimum atomic E-state index is -1.16. The quantitative estimate of drug-likeness (QED) is 0.765. The van der Waals surface area contributed by atoms with Crippen LogP contribution in [0, 0.1) is 11.6 Å². The van der Waals surface area contributed by atoms with E-state index in [0.29, 0.717) is 13.1 Å². The van der Waals surface area contributed by atoms with E-state index in [1.807, 2.05) is 6.20 Å². The monoisotopic (exact) mass is 377 g/mol. The van der Waals surface area contributed by atoms with Crippen LogP contribution in [0.4, 0.5) is 8.78 Å². The number of halogens is 2. The average Bonchev–Trinajstić information content (AvgIpc) is 3.16. The zero-order chi connectivity index (χ0) is 19.4. The van der Waals surface area contributed by atoms with Crippen LogP contribution in [-0.4, -0.2) is 40.6 Å². The van der Waals surface area contributed by atoms with Crippen LogP contribution in [-0.2, 0) is 6.54 Å². The van der Waals surface area contributed by atoms with Gasteiger partial charge in [-0.05, 0) is 31.4 Å². The fraction of sp³-hybridized carbons (Fsp3) is 0.500. The molecule has 1 aromatic heterocycles. The van der Waals surface area contributed by atoms with E-state index in [1.54, 1.807) is 11.1 Å². The number of hydrogen-bond acceptors (Lipinski definition) is 3. The minimum Gasteiger partial charge on any atom is -0.496 e. The Bertz CT molecular complexity index is 807. The molecule has 1 aliphatic rings. The fourth-order valence-corrected chi connectivity index (χ4v) is 3.63. The van der Waals surface area contributed by atoms with Gasteiger partial charge in [0.15, 0.2) is 11.6 Å². The highest BCUT2D eigenvalue weighted by molar-refractivity contribution is 5.97. The minimum absolute atomic E-state index is 0.0467. The van der Waals surface area contributed by atoms with Crippen molar-refractivity contribution in [3.05, 3.63) is 47.5 Å². The van der Waals surface area contributed by atoms with E-state index in [1.165, 1.54) is 13.2 Å². The molecular formula is C20H25F2N3O2. The number of aromatic nitrogens is 2. The van der Waals surface area contributed by atoms with Gasteiger partial charge in [0, 0.05) is 37.9 Å². The summed E-state index contributed by atoms with van der Waals surface area (Å²) in [6, 6.07) is 2.25. The number of aryl methyl sites for hydroxylation is 1. The molecule has 1 aromatic carbocycles. The Morgan fingerprint density at radius 3 is 2.93 bits per heavy atom. The Balaban J connectivity index is 1.82. The van der Waals surface area contributed by atoms with Crippen molar-refractivity contribution in [2.45, 2.75) is 45.1 Å². The summed E-state index contributed by atoms with van der Waals surface area (Å²) in [6.45, 7) is 3.96. The lowest BCUT2D eigenvalue weighted by Crippen LogP contribution is -2.40. The predicted molar refractivity (Wildman–Crippen MR) is 97.9 cm³/mol. The second-order valence-electron chi connectivity index (χ2n) is 6.86. The van der Waals surface area contributed by atoms with Crippen LogP contribution in [0.1, 0.15) is 54.7 Å². The van der Waals surface area contributed by atoms with Crippen molar-refractivity contribution in [3.63, 3.8) is 0 Å². The zero-order valence-corrected chi connectivity index (χ0v) is 15.8. The first kappa shape index (κ1) is 19.3. The molecule has 2 aromatic rings.